The monoisotopic (exact) mass is 576 g/mol. The van der Waals surface area contributed by atoms with Crippen LogP contribution in [-0.4, -0.2) is 42.8 Å². The Hall–Kier alpha value is -4.88. The lowest BCUT2D eigenvalue weighted by molar-refractivity contribution is -0.129. The fourth-order valence-corrected chi connectivity index (χ4v) is 5.19. The van der Waals surface area contributed by atoms with Gasteiger partial charge < -0.3 is 24.6 Å². The number of amides is 1. The summed E-state index contributed by atoms with van der Waals surface area (Å²) in [4.78, 5) is 19.1. The first-order valence-electron chi connectivity index (χ1n) is 14.3. The molecule has 2 atom stereocenters. The Kier molecular flexibility index (Phi) is 9.54. The number of para-hydroxylation sites is 1. The number of hydrogen-bond donors (Lipinski definition) is 2. The van der Waals surface area contributed by atoms with E-state index in [2.05, 4.69) is 24.0 Å². The molecule has 0 saturated heterocycles. The smallest absolute Gasteiger partial charge is 0.252 e. The number of nitrogens with zero attached hydrogens (tertiary/aromatic N) is 1. The van der Waals surface area contributed by atoms with E-state index in [4.69, 9.17) is 24.3 Å². The minimum atomic E-state index is -1.29. The second-order valence-electron chi connectivity index (χ2n) is 10.3. The molecular formula is C36H36N2O5. The van der Waals surface area contributed by atoms with Crippen molar-refractivity contribution in [1.82, 2.24) is 5.32 Å². The Labute approximate surface area is 252 Å². The molecule has 0 fully saturated rings. The topological polar surface area (TPSA) is 89.4 Å². The van der Waals surface area contributed by atoms with E-state index < -0.39 is 11.6 Å². The molecule has 4 aromatic carbocycles. The van der Waals surface area contributed by atoms with Crippen molar-refractivity contribution in [2.45, 2.75) is 31.0 Å². The number of carbonyl (C=O) groups excluding carboxylic acids is 1. The van der Waals surface area contributed by atoms with Gasteiger partial charge in [0.05, 0.1) is 13.7 Å². The zero-order valence-electron chi connectivity index (χ0n) is 24.2. The number of hydrogen-bond acceptors (Lipinski definition) is 6. The van der Waals surface area contributed by atoms with E-state index in [0.29, 0.717) is 30.4 Å². The summed E-state index contributed by atoms with van der Waals surface area (Å²) in [6.07, 6.45) is 1.84. The van der Waals surface area contributed by atoms with Crippen LogP contribution in [0.5, 0.6) is 11.5 Å². The van der Waals surface area contributed by atoms with Crippen molar-refractivity contribution in [3.05, 3.63) is 132 Å². The summed E-state index contributed by atoms with van der Waals surface area (Å²) < 4.78 is 17.7. The molecular weight excluding hydrogens is 540 g/mol. The Morgan fingerprint density at radius 2 is 1.63 bits per heavy atom. The maximum Gasteiger partial charge on any atom is 0.252 e. The average molecular weight is 577 g/mol. The molecule has 0 unspecified atom stereocenters. The molecule has 0 saturated carbocycles. The van der Waals surface area contributed by atoms with Crippen LogP contribution in [0.15, 0.2) is 121 Å². The largest absolute Gasteiger partial charge is 0.496 e. The van der Waals surface area contributed by atoms with Gasteiger partial charge in [-0.1, -0.05) is 78.9 Å². The van der Waals surface area contributed by atoms with Crippen LogP contribution >= 0.6 is 0 Å². The standard InChI is InChI=1S/C36H36N2O5/c1-3-22-36(35(40)37-25-30-12-7-8-13-32(30)41-2)33(28-16-14-27(15-17-28)26-10-5-4-6-11-26)43-34(38-36)29-18-20-31(21-19-29)42-24-9-23-39/h3-8,10-21,33,39H,1,9,22-25H2,2H3,(H,37,40)/t33-,36-/m1/s1. The summed E-state index contributed by atoms with van der Waals surface area (Å²) >= 11 is 0. The molecule has 220 valence electrons. The van der Waals surface area contributed by atoms with Crippen molar-refractivity contribution >= 4 is 11.8 Å². The van der Waals surface area contributed by atoms with Crippen molar-refractivity contribution in [2.24, 2.45) is 4.99 Å². The fraction of sp³-hybridized carbons (Fsp3) is 0.222. The van der Waals surface area contributed by atoms with Gasteiger partial charge in [0, 0.05) is 37.1 Å². The summed E-state index contributed by atoms with van der Waals surface area (Å²) in [5.41, 5.74) is 3.29. The van der Waals surface area contributed by atoms with Gasteiger partial charge in [0.1, 0.15) is 11.5 Å². The Morgan fingerprint density at radius 1 is 0.953 bits per heavy atom. The minimum absolute atomic E-state index is 0.0704. The predicted octanol–water partition coefficient (Wildman–Crippen LogP) is 6.27. The summed E-state index contributed by atoms with van der Waals surface area (Å²) in [7, 11) is 1.61. The Balaban J connectivity index is 1.48. The van der Waals surface area contributed by atoms with Gasteiger partial charge in [0.15, 0.2) is 11.6 Å². The van der Waals surface area contributed by atoms with E-state index in [1.54, 1.807) is 13.2 Å². The van der Waals surface area contributed by atoms with Crippen LogP contribution in [0.2, 0.25) is 0 Å². The molecule has 43 heavy (non-hydrogen) atoms. The number of aliphatic hydroxyl groups is 1. The molecule has 0 aromatic heterocycles. The molecule has 0 radical (unpaired) electrons. The molecule has 0 bridgehead atoms. The number of nitrogens with one attached hydrogen (secondary N) is 1. The first kappa shape index (κ1) is 29.6. The first-order chi connectivity index (χ1) is 21.1. The van der Waals surface area contributed by atoms with Crippen LogP contribution in [0.1, 0.15) is 35.6 Å². The SMILES string of the molecule is C=CC[C@@]1(C(=O)NCc2ccccc2OC)N=C(c2ccc(OCCCO)cc2)O[C@@H]1c1ccc(-c2ccccc2)cc1. The lowest BCUT2D eigenvalue weighted by Gasteiger charge is -2.30. The first-order valence-corrected chi connectivity index (χ1v) is 14.3. The zero-order chi connectivity index (χ0) is 30.1. The number of carbonyl (C=O) groups is 1. The molecule has 1 aliphatic heterocycles. The van der Waals surface area contributed by atoms with Gasteiger partial charge in [0.25, 0.3) is 5.91 Å². The third-order valence-electron chi connectivity index (χ3n) is 7.44. The highest BCUT2D eigenvalue weighted by atomic mass is 16.5. The van der Waals surface area contributed by atoms with Gasteiger partial charge in [0.2, 0.25) is 5.90 Å². The number of ether oxygens (including phenoxy) is 3. The van der Waals surface area contributed by atoms with Crippen LogP contribution in [0, 0.1) is 0 Å². The van der Waals surface area contributed by atoms with Crippen molar-refractivity contribution < 1.29 is 24.1 Å². The number of aliphatic hydroxyl groups excluding tert-OH is 1. The van der Waals surface area contributed by atoms with Crippen LogP contribution in [0.25, 0.3) is 11.1 Å². The lowest BCUT2D eigenvalue weighted by Crippen LogP contribution is -2.47. The van der Waals surface area contributed by atoms with Crippen molar-refractivity contribution in [1.29, 1.82) is 0 Å². The third-order valence-corrected chi connectivity index (χ3v) is 7.44. The molecule has 1 amide bonds. The van der Waals surface area contributed by atoms with E-state index in [9.17, 15) is 4.79 Å². The van der Waals surface area contributed by atoms with Crippen LogP contribution < -0.4 is 14.8 Å². The number of rotatable bonds is 13. The van der Waals surface area contributed by atoms with Gasteiger partial charge in [-0.2, -0.15) is 0 Å². The van der Waals surface area contributed by atoms with Crippen LogP contribution in [0.3, 0.4) is 0 Å². The number of aliphatic imine (C=N–C) groups is 1. The summed E-state index contributed by atoms with van der Waals surface area (Å²) in [6, 6.07) is 33.2. The molecule has 0 spiro atoms. The second kappa shape index (κ2) is 13.9. The highest BCUT2D eigenvalue weighted by Crippen LogP contribution is 2.43. The molecule has 2 N–H and O–H groups in total. The molecule has 5 rings (SSSR count). The van der Waals surface area contributed by atoms with Crippen molar-refractivity contribution in [3.8, 4) is 22.6 Å². The maximum absolute atomic E-state index is 14.2. The summed E-state index contributed by atoms with van der Waals surface area (Å²) in [5.74, 6) is 1.47. The Morgan fingerprint density at radius 3 is 2.33 bits per heavy atom. The normalized spacial score (nSPS) is 17.4. The number of benzene rings is 4. The summed E-state index contributed by atoms with van der Waals surface area (Å²) in [6.45, 7) is 4.73. The second-order valence-corrected chi connectivity index (χ2v) is 10.3. The predicted molar refractivity (Wildman–Crippen MR) is 168 cm³/mol. The van der Waals surface area contributed by atoms with Crippen molar-refractivity contribution in [2.75, 3.05) is 20.3 Å². The fourth-order valence-electron chi connectivity index (χ4n) is 5.19. The van der Waals surface area contributed by atoms with Gasteiger partial charge in [-0.15, -0.1) is 6.58 Å². The lowest BCUT2D eigenvalue weighted by atomic mass is 9.84. The molecule has 1 heterocycles. The molecule has 7 heteroatoms. The quantitative estimate of drug-likeness (QED) is 0.145. The molecule has 0 aliphatic carbocycles. The molecule has 4 aromatic rings. The van der Waals surface area contributed by atoms with E-state index in [0.717, 1.165) is 27.8 Å². The van der Waals surface area contributed by atoms with E-state index >= 15 is 0 Å². The highest BCUT2D eigenvalue weighted by Gasteiger charge is 2.52. The molecule has 7 nitrogen and oxygen atoms in total. The summed E-state index contributed by atoms with van der Waals surface area (Å²) in [5, 5.41) is 12.1. The Bertz CT molecular complexity index is 1550. The van der Waals surface area contributed by atoms with Gasteiger partial charge in [-0.25, -0.2) is 4.99 Å². The highest BCUT2D eigenvalue weighted by molar-refractivity contribution is 6.01. The maximum atomic E-state index is 14.2. The third kappa shape index (κ3) is 6.63. The molecule has 1 aliphatic rings. The van der Waals surface area contributed by atoms with Crippen LogP contribution in [0.4, 0.5) is 0 Å². The average Bonchev–Trinajstić information content (AvgIpc) is 3.45. The van der Waals surface area contributed by atoms with Gasteiger partial charge in [-0.05, 0) is 47.0 Å². The van der Waals surface area contributed by atoms with Crippen molar-refractivity contribution in [3.63, 3.8) is 0 Å². The van der Waals surface area contributed by atoms with E-state index in [1.165, 1.54) is 0 Å². The van der Waals surface area contributed by atoms with E-state index in [1.807, 2.05) is 91.0 Å². The minimum Gasteiger partial charge on any atom is -0.496 e. The van der Waals surface area contributed by atoms with E-state index in [-0.39, 0.29) is 25.5 Å². The van der Waals surface area contributed by atoms with Crippen LogP contribution in [-0.2, 0) is 16.1 Å². The van der Waals surface area contributed by atoms with Gasteiger partial charge in [-0.3, -0.25) is 4.79 Å². The number of methoxy groups -OCH3 is 1. The van der Waals surface area contributed by atoms with Gasteiger partial charge >= 0.3 is 0 Å². The zero-order valence-corrected chi connectivity index (χ0v) is 24.2.